The first kappa shape index (κ1) is 16.3. The van der Waals surface area contributed by atoms with Crippen LogP contribution in [0.3, 0.4) is 0 Å². The topological polar surface area (TPSA) is 83.4 Å². The predicted molar refractivity (Wildman–Crippen MR) is 70.5 cm³/mol. The number of nitrogens with zero attached hydrogens (tertiary/aromatic N) is 4. The molecular formula is C11H19F2N5O2. The minimum atomic E-state index is -2.56. The van der Waals surface area contributed by atoms with Crippen LogP contribution in [0.2, 0.25) is 0 Å². The van der Waals surface area contributed by atoms with Crippen LogP contribution in [-0.4, -0.2) is 59.8 Å². The summed E-state index contributed by atoms with van der Waals surface area (Å²) in [6.45, 7) is 1.77. The highest BCUT2D eigenvalue weighted by Gasteiger charge is 2.17. The Kier molecular flexibility index (Phi) is 6.85. The number of halogens is 2. The van der Waals surface area contributed by atoms with Gasteiger partial charge in [-0.25, -0.2) is 8.78 Å². The molecular weight excluding hydrogens is 272 g/mol. The fourth-order valence-electron chi connectivity index (χ4n) is 1.45. The number of aliphatic hydroxyl groups excluding tert-OH is 1. The number of hydrogen-bond donors (Lipinski definition) is 2. The molecule has 1 aromatic rings. The zero-order valence-electron chi connectivity index (χ0n) is 11.5. The number of hydrogen-bond acceptors (Lipinski definition) is 7. The first-order valence-electron chi connectivity index (χ1n) is 6.28. The summed E-state index contributed by atoms with van der Waals surface area (Å²) in [5.41, 5.74) is 0. The van der Waals surface area contributed by atoms with Crippen LogP contribution in [0.25, 0.3) is 0 Å². The van der Waals surface area contributed by atoms with E-state index in [0.717, 1.165) is 6.42 Å². The standard InChI is InChI=1S/C11H19F2N5O2/c1-3-4-14-9-15-10(17-11(16-9)20-2)18(5-6-19)7-8(12)13/h8,19H,3-7H2,1-2H3,(H,14,15,16,17). The van der Waals surface area contributed by atoms with Gasteiger partial charge in [-0.15, -0.1) is 0 Å². The first-order valence-corrected chi connectivity index (χ1v) is 6.28. The Morgan fingerprint density at radius 2 is 2.10 bits per heavy atom. The maximum atomic E-state index is 12.5. The van der Waals surface area contributed by atoms with Gasteiger partial charge < -0.3 is 20.1 Å². The van der Waals surface area contributed by atoms with E-state index < -0.39 is 13.0 Å². The van der Waals surface area contributed by atoms with Crippen molar-refractivity contribution in [2.24, 2.45) is 0 Å². The molecule has 9 heteroatoms. The second-order valence-electron chi connectivity index (χ2n) is 3.93. The van der Waals surface area contributed by atoms with E-state index in [1.807, 2.05) is 6.92 Å². The van der Waals surface area contributed by atoms with Gasteiger partial charge in [0.05, 0.1) is 20.3 Å². The molecule has 1 rings (SSSR count). The van der Waals surface area contributed by atoms with E-state index in [1.165, 1.54) is 12.0 Å². The molecule has 0 aliphatic heterocycles. The Bertz CT molecular complexity index is 408. The zero-order chi connectivity index (χ0) is 15.0. The third-order valence-corrected chi connectivity index (χ3v) is 2.33. The third kappa shape index (κ3) is 5.08. The Balaban J connectivity index is 2.98. The van der Waals surface area contributed by atoms with Crippen LogP contribution in [0.15, 0.2) is 0 Å². The molecule has 0 atom stereocenters. The lowest BCUT2D eigenvalue weighted by atomic mass is 10.5. The lowest BCUT2D eigenvalue weighted by Gasteiger charge is -2.21. The van der Waals surface area contributed by atoms with E-state index in [9.17, 15) is 8.78 Å². The molecule has 0 amide bonds. The van der Waals surface area contributed by atoms with E-state index in [2.05, 4.69) is 20.3 Å². The third-order valence-electron chi connectivity index (χ3n) is 2.33. The molecule has 0 aliphatic rings. The first-order chi connectivity index (χ1) is 9.60. The molecule has 0 saturated carbocycles. The van der Waals surface area contributed by atoms with Crippen LogP contribution in [0.5, 0.6) is 6.01 Å². The summed E-state index contributed by atoms with van der Waals surface area (Å²) < 4.78 is 30.0. The van der Waals surface area contributed by atoms with Gasteiger partial charge in [0.25, 0.3) is 6.43 Å². The summed E-state index contributed by atoms with van der Waals surface area (Å²) >= 11 is 0. The van der Waals surface area contributed by atoms with Gasteiger partial charge in [-0.05, 0) is 6.42 Å². The quantitative estimate of drug-likeness (QED) is 0.695. The van der Waals surface area contributed by atoms with Gasteiger partial charge in [-0.1, -0.05) is 6.92 Å². The van der Waals surface area contributed by atoms with Crippen molar-refractivity contribution in [2.45, 2.75) is 19.8 Å². The van der Waals surface area contributed by atoms with Gasteiger partial charge in [0, 0.05) is 13.1 Å². The normalized spacial score (nSPS) is 10.7. The van der Waals surface area contributed by atoms with Crippen molar-refractivity contribution in [3.05, 3.63) is 0 Å². The van der Waals surface area contributed by atoms with Crippen molar-refractivity contribution < 1.29 is 18.6 Å². The number of methoxy groups -OCH3 is 1. The molecule has 0 aliphatic carbocycles. The maximum Gasteiger partial charge on any atom is 0.322 e. The van der Waals surface area contributed by atoms with Crippen LogP contribution in [0.4, 0.5) is 20.7 Å². The van der Waals surface area contributed by atoms with Gasteiger partial charge in [-0.3, -0.25) is 0 Å². The van der Waals surface area contributed by atoms with Crippen molar-refractivity contribution in [1.29, 1.82) is 0 Å². The van der Waals surface area contributed by atoms with E-state index in [0.29, 0.717) is 6.54 Å². The number of rotatable bonds is 9. The van der Waals surface area contributed by atoms with Crippen molar-refractivity contribution in [2.75, 3.05) is 43.6 Å². The summed E-state index contributed by atoms with van der Waals surface area (Å²) in [5, 5.41) is 11.9. The number of aromatic nitrogens is 3. The van der Waals surface area contributed by atoms with Crippen LogP contribution < -0.4 is 15.0 Å². The second-order valence-corrected chi connectivity index (χ2v) is 3.93. The van der Waals surface area contributed by atoms with E-state index >= 15 is 0 Å². The van der Waals surface area contributed by atoms with E-state index in [1.54, 1.807) is 0 Å². The van der Waals surface area contributed by atoms with Gasteiger partial charge in [0.1, 0.15) is 0 Å². The van der Waals surface area contributed by atoms with Gasteiger partial charge in [0.15, 0.2) is 0 Å². The Hall–Kier alpha value is -1.77. The van der Waals surface area contributed by atoms with Crippen molar-refractivity contribution in [3.63, 3.8) is 0 Å². The average molecular weight is 291 g/mol. The molecule has 114 valence electrons. The smallest absolute Gasteiger partial charge is 0.322 e. The summed E-state index contributed by atoms with van der Waals surface area (Å²) in [6, 6.07) is 0.0332. The summed E-state index contributed by atoms with van der Waals surface area (Å²) in [4.78, 5) is 13.2. The lowest BCUT2D eigenvalue weighted by Crippen LogP contribution is -2.33. The molecule has 7 nitrogen and oxygen atoms in total. The Morgan fingerprint density at radius 3 is 2.65 bits per heavy atom. The number of anilines is 2. The fourth-order valence-corrected chi connectivity index (χ4v) is 1.45. The minimum Gasteiger partial charge on any atom is -0.467 e. The number of aliphatic hydroxyl groups is 1. The molecule has 0 spiro atoms. The maximum absolute atomic E-state index is 12.5. The number of nitrogens with one attached hydrogen (secondary N) is 1. The summed E-state index contributed by atoms with van der Waals surface area (Å²) in [5.74, 6) is 0.302. The molecule has 0 radical (unpaired) electrons. The largest absolute Gasteiger partial charge is 0.467 e. The van der Waals surface area contributed by atoms with Crippen molar-refractivity contribution in [3.8, 4) is 6.01 Å². The summed E-state index contributed by atoms with van der Waals surface area (Å²) in [6.07, 6.45) is -1.70. The molecule has 0 unspecified atom stereocenters. The highest BCUT2D eigenvalue weighted by molar-refractivity contribution is 5.38. The predicted octanol–water partition coefficient (Wildman–Crippen LogP) is 0.766. The lowest BCUT2D eigenvalue weighted by molar-refractivity contribution is 0.152. The average Bonchev–Trinajstić information content (AvgIpc) is 2.43. The number of ether oxygens (including phenoxy) is 1. The zero-order valence-corrected chi connectivity index (χ0v) is 11.5. The van der Waals surface area contributed by atoms with Gasteiger partial charge >= 0.3 is 6.01 Å². The molecule has 1 aromatic heterocycles. The van der Waals surface area contributed by atoms with Crippen molar-refractivity contribution in [1.82, 2.24) is 15.0 Å². The minimum absolute atomic E-state index is 0.00469. The molecule has 20 heavy (non-hydrogen) atoms. The van der Waals surface area contributed by atoms with Gasteiger partial charge in [0.2, 0.25) is 11.9 Å². The molecule has 1 heterocycles. The molecule has 0 aromatic carbocycles. The highest BCUT2D eigenvalue weighted by Crippen LogP contribution is 2.15. The summed E-state index contributed by atoms with van der Waals surface area (Å²) in [7, 11) is 1.38. The van der Waals surface area contributed by atoms with Crippen LogP contribution in [0, 0.1) is 0 Å². The molecule has 0 bridgehead atoms. The fraction of sp³-hybridized carbons (Fsp3) is 0.727. The molecule has 0 fully saturated rings. The second kappa shape index (κ2) is 8.41. The van der Waals surface area contributed by atoms with Crippen LogP contribution in [0.1, 0.15) is 13.3 Å². The molecule has 0 saturated heterocycles. The Morgan fingerprint density at radius 1 is 1.35 bits per heavy atom. The monoisotopic (exact) mass is 291 g/mol. The number of alkyl halides is 2. The SMILES string of the molecule is CCCNc1nc(OC)nc(N(CCO)CC(F)F)n1. The van der Waals surface area contributed by atoms with Gasteiger partial charge in [-0.2, -0.15) is 15.0 Å². The van der Waals surface area contributed by atoms with Crippen LogP contribution >= 0.6 is 0 Å². The van der Waals surface area contributed by atoms with Crippen molar-refractivity contribution >= 4 is 11.9 Å². The molecule has 2 N–H and O–H groups in total. The highest BCUT2D eigenvalue weighted by atomic mass is 19.3. The van der Waals surface area contributed by atoms with E-state index in [4.69, 9.17) is 9.84 Å². The van der Waals surface area contributed by atoms with E-state index in [-0.39, 0.29) is 31.1 Å². The van der Waals surface area contributed by atoms with Crippen LogP contribution in [-0.2, 0) is 0 Å². The Labute approximate surface area is 116 Å².